The van der Waals surface area contributed by atoms with Crippen LogP contribution in [-0.4, -0.2) is 16.1 Å². The molecule has 0 saturated carbocycles. The molecule has 0 radical (unpaired) electrons. The number of halogens is 1. The van der Waals surface area contributed by atoms with Crippen LogP contribution in [0.2, 0.25) is 0 Å². The number of hydrogen-bond acceptors (Lipinski definition) is 1. The van der Waals surface area contributed by atoms with E-state index in [0.717, 1.165) is 10.0 Å². The average molecular weight is 266 g/mol. The Kier molecular flexibility index (Phi) is 2.60. The fourth-order valence-electron chi connectivity index (χ4n) is 1.45. The summed E-state index contributed by atoms with van der Waals surface area (Å²) in [6.07, 6.45) is 1.62. The van der Waals surface area contributed by atoms with E-state index < -0.39 is 5.97 Å². The first-order valence-corrected chi connectivity index (χ1v) is 5.15. The Balaban J connectivity index is 2.59. The number of carboxylic acid groups (broad SMARTS) is 1. The molecule has 1 aromatic carbocycles. The number of H-pyrrole nitrogens is 1. The maximum absolute atomic E-state index is 10.9. The van der Waals surface area contributed by atoms with Gasteiger partial charge in [0.1, 0.15) is 5.69 Å². The van der Waals surface area contributed by atoms with Gasteiger partial charge >= 0.3 is 5.97 Å². The van der Waals surface area contributed by atoms with Crippen molar-refractivity contribution in [3.8, 4) is 11.1 Å². The highest BCUT2D eigenvalue weighted by Gasteiger charge is 2.13. The first-order chi connectivity index (χ1) is 7.20. The predicted octanol–water partition coefficient (Wildman–Crippen LogP) is 3.14. The Labute approximate surface area is 94.9 Å². The molecule has 1 heterocycles. The molecule has 0 amide bonds. The smallest absolute Gasteiger partial charge is 0.352 e. The molecule has 0 bridgehead atoms. The topological polar surface area (TPSA) is 53.1 Å². The van der Waals surface area contributed by atoms with Gasteiger partial charge in [0.15, 0.2) is 0 Å². The van der Waals surface area contributed by atoms with Crippen molar-refractivity contribution >= 4 is 21.9 Å². The number of carboxylic acids is 1. The lowest BCUT2D eigenvalue weighted by Crippen LogP contribution is -1.98. The van der Waals surface area contributed by atoms with E-state index in [1.807, 2.05) is 24.3 Å². The summed E-state index contributed by atoms with van der Waals surface area (Å²) in [7, 11) is 0. The van der Waals surface area contributed by atoms with Crippen molar-refractivity contribution in [2.24, 2.45) is 0 Å². The summed E-state index contributed by atoms with van der Waals surface area (Å²) in [5.74, 6) is -0.953. The van der Waals surface area contributed by atoms with E-state index in [4.69, 9.17) is 5.11 Å². The van der Waals surface area contributed by atoms with Gasteiger partial charge in [-0.2, -0.15) is 0 Å². The molecule has 76 valence electrons. The summed E-state index contributed by atoms with van der Waals surface area (Å²) in [4.78, 5) is 13.6. The lowest BCUT2D eigenvalue weighted by atomic mass is 10.1. The molecule has 0 aliphatic carbocycles. The molecule has 0 atom stereocenters. The minimum Gasteiger partial charge on any atom is -0.477 e. The molecular weight excluding hydrogens is 258 g/mol. The van der Waals surface area contributed by atoms with E-state index >= 15 is 0 Å². The third-order valence-electron chi connectivity index (χ3n) is 2.12. The summed E-state index contributed by atoms with van der Waals surface area (Å²) in [5.41, 5.74) is 1.77. The van der Waals surface area contributed by atoms with Crippen LogP contribution in [0.1, 0.15) is 10.5 Å². The van der Waals surface area contributed by atoms with Gasteiger partial charge in [-0.1, -0.05) is 34.1 Å². The molecule has 0 spiro atoms. The van der Waals surface area contributed by atoms with Crippen molar-refractivity contribution in [2.75, 3.05) is 0 Å². The number of carbonyl (C=O) groups is 1. The highest BCUT2D eigenvalue weighted by molar-refractivity contribution is 9.10. The van der Waals surface area contributed by atoms with Gasteiger partial charge in [0.25, 0.3) is 0 Å². The molecule has 1 aromatic heterocycles. The fourth-order valence-corrected chi connectivity index (χ4v) is 1.95. The molecule has 4 heteroatoms. The molecule has 0 unspecified atom stereocenters. The number of hydrogen-bond donors (Lipinski definition) is 2. The number of aromatic carboxylic acids is 1. The Morgan fingerprint density at radius 1 is 1.20 bits per heavy atom. The summed E-state index contributed by atoms with van der Waals surface area (Å²) in [5, 5.41) is 8.96. The van der Waals surface area contributed by atoms with E-state index in [2.05, 4.69) is 20.9 Å². The highest BCUT2D eigenvalue weighted by Crippen LogP contribution is 2.29. The molecule has 0 aliphatic heterocycles. The monoisotopic (exact) mass is 265 g/mol. The summed E-state index contributed by atoms with van der Waals surface area (Å²) >= 11 is 3.39. The van der Waals surface area contributed by atoms with Crippen LogP contribution in [0.4, 0.5) is 0 Å². The minimum atomic E-state index is -0.953. The van der Waals surface area contributed by atoms with Crippen LogP contribution in [0.5, 0.6) is 0 Å². The van der Waals surface area contributed by atoms with E-state index in [1.165, 1.54) is 0 Å². The fraction of sp³-hybridized carbons (Fsp3) is 0. The quantitative estimate of drug-likeness (QED) is 0.877. The SMILES string of the molecule is O=C(O)c1[nH]ccc1-c1ccccc1Br. The molecule has 0 fully saturated rings. The van der Waals surface area contributed by atoms with Crippen LogP contribution in [0.25, 0.3) is 11.1 Å². The number of aromatic amines is 1. The van der Waals surface area contributed by atoms with Crippen molar-refractivity contribution in [2.45, 2.75) is 0 Å². The van der Waals surface area contributed by atoms with Gasteiger partial charge < -0.3 is 10.1 Å². The highest BCUT2D eigenvalue weighted by atomic mass is 79.9. The standard InChI is InChI=1S/C11H8BrNO2/c12-9-4-2-1-3-7(9)8-5-6-13-10(8)11(14)15/h1-6,13H,(H,14,15). The van der Waals surface area contributed by atoms with Crippen LogP contribution in [-0.2, 0) is 0 Å². The number of rotatable bonds is 2. The van der Waals surface area contributed by atoms with Crippen molar-refractivity contribution in [1.29, 1.82) is 0 Å². The Morgan fingerprint density at radius 3 is 2.60 bits per heavy atom. The number of aromatic nitrogens is 1. The van der Waals surface area contributed by atoms with Crippen molar-refractivity contribution < 1.29 is 9.90 Å². The van der Waals surface area contributed by atoms with Gasteiger partial charge in [0.2, 0.25) is 0 Å². The molecule has 3 nitrogen and oxygen atoms in total. The maximum Gasteiger partial charge on any atom is 0.352 e. The lowest BCUT2D eigenvalue weighted by molar-refractivity contribution is 0.0692. The second-order valence-electron chi connectivity index (χ2n) is 3.05. The number of nitrogens with one attached hydrogen (secondary N) is 1. The van der Waals surface area contributed by atoms with Gasteiger partial charge in [-0.15, -0.1) is 0 Å². The molecule has 0 aliphatic rings. The summed E-state index contributed by atoms with van der Waals surface area (Å²) in [6, 6.07) is 9.27. The van der Waals surface area contributed by atoms with Crippen molar-refractivity contribution in [3.63, 3.8) is 0 Å². The largest absolute Gasteiger partial charge is 0.477 e. The second kappa shape index (κ2) is 3.90. The van der Waals surface area contributed by atoms with E-state index in [-0.39, 0.29) is 5.69 Å². The minimum absolute atomic E-state index is 0.210. The normalized spacial score (nSPS) is 10.2. The van der Waals surface area contributed by atoms with Crippen molar-refractivity contribution in [1.82, 2.24) is 4.98 Å². The number of benzene rings is 1. The molecule has 2 N–H and O–H groups in total. The molecule has 0 saturated heterocycles. The third kappa shape index (κ3) is 1.80. The Bertz CT molecular complexity index is 505. The van der Waals surface area contributed by atoms with Crippen LogP contribution >= 0.6 is 15.9 Å². The van der Waals surface area contributed by atoms with Crippen LogP contribution in [0, 0.1) is 0 Å². The zero-order valence-corrected chi connectivity index (χ0v) is 9.28. The molecule has 2 aromatic rings. The zero-order valence-electron chi connectivity index (χ0n) is 7.70. The van der Waals surface area contributed by atoms with Crippen molar-refractivity contribution in [3.05, 3.63) is 46.7 Å². The zero-order chi connectivity index (χ0) is 10.8. The van der Waals surface area contributed by atoms with Gasteiger partial charge in [-0.25, -0.2) is 4.79 Å². The van der Waals surface area contributed by atoms with Gasteiger partial charge in [0.05, 0.1) is 0 Å². The second-order valence-corrected chi connectivity index (χ2v) is 3.91. The predicted molar refractivity (Wildman–Crippen MR) is 60.9 cm³/mol. The summed E-state index contributed by atoms with van der Waals surface area (Å²) < 4.78 is 0.882. The third-order valence-corrected chi connectivity index (χ3v) is 2.82. The van der Waals surface area contributed by atoms with Crippen LogP contribution in [0.15, 0.2) is 41.0 Å². The van der Waals surface area contributed by atoms with Crippen LogP contribution < -0.4 is 0 Å². The first-order valence-electron chi connectivity index (χ1n) is 4.35. The first kappa shape index (κ1) is 9.98. The van der Waals surface area contributed by atoms with Gasteiger partial charge in [-0.3, -0.25) is 0 Å². The van der Waals surface area contributed by atoms with Crippen LogP contribution in [0.3, 0.4) is 0 Å². The van der Waals surface area contributed by atoms with Gasteiger partial charge in [0, 0.05) is 16.2 Å². The Morgan fingerprint density at radius 2 is 1.93 bits per heavy atom. The maximum atomic E-state index is 10.9. The Hall–Kier alpha value is -1.55. The molecular formula is C11H8BrNO2. The lowest BCUT2D eigenvalue weighted by Gasteiger charge is -2.02. The van der Waals surface area contributed by atoms with Gasteiger partial charge in [-0.05, 0) is 17.7 Å². The molecule has 2 rings (SSSR count). The molecule has 15 heavy (non-hydrogen) atoms. The summed E-state index contributed by atoms with van der Waals surface area (Å²) in [6.45, 7) is 0. The van der Waals surface area contributed by atoms with E-state index in [9.17, 15) is 4.79 Å². The average Bonchev–Trinajstić information content (AvgIpc) is 2.67. The van der Waals surface area contributed by atoms with E-state index in [1.54, 1.807) is 12.3 Å². The van der Waals surface area contributed by atoms with E-state index in [0.29, 0.717) is 5.56 Å².